The Hall–Kier alpha value is -7.86. The van der Waals surface area contributed by atoms with Gasteiger partial charge in [0.25, 0.3) is 0 Å². The third kappa shape index (κ3) is 14.8. The number of fused-ring (bicyclic) bond motifs is 15. The Labute approximate surface area is 570 Å². The number of ether oxygens (including phenoxy) is 1. The van der Waals surface area contributed by atoms with Crippen molar-refractivity contribution in [2.45, 2.75) is 159 Å². The molecule has 2 aliphatic heterocycles. The van der Waals surface area contributed by atoms with Crippen LogP contribution >= 0.6 is 0 Å². The van der Waals surface area contributed by atoms with Gasteiger partial charge in [-0.05, 0) is 197 Å². The number of hydrogen-bond donors (Lipinski definition) is 12. The summed E-state index contributed by atoms with van der Waals surface area (Å²) in [7, 11) is 1.48. The van der Waals surface area contributed by atoms with Crippen molar-refractivity contribution >= 4 is 28.0 Å². The molecule has 15 heteroatoms. The molecule has 12 N–H and O–H groups in total. The molecule has 13 rings (SSSR count). The number of rotatable bonds is 8. The molecule has 13 bridgehead atoms. The minimum atomic E-state index is -1.93. The molecule has 0 unspecified atom stereocenters. The predicted molar refractivity (Wildman–Crippen MR) is 376 cm³/mol. The predicted octanol–water partition coefficient (Wildman–Crippen LogP) is 11.3. The van der Waals surface area contributed by atoms with Crippen molar-refractivity contribution in [3.05, 3.63) is 171 Å². The van der Waals surface area contributed by atoms with Crippen LogP contribution in [0.25, 0.3) is 10.8 Å². The van der Waals surface area contributed by atoms with E-state index in [1.807, 2.05) is 54.7 Å². The molecule has 15 nitrogen and oxygen atoms in total. The van der Waals surface area contributed by atoms with E-state index in [0.29, 0.717) is 105 Å². The number of H-pyrrole nitrogens is 1. The van der Waals surface area contributed by atoms with Crippen molar-refractivity contribution in [1.82, 2.24) is 15.6 Å². The number of aromatic amines is 1. The second kappa shape index (κ2) is 30.1. The first kappa shape index (κ1) is 67.7. The van der Waals surface area contributed by atoms with Gasteiger partial charge in [0.2, 0.25) is 0 Å². The summed E-state index contributed by atoms with van der Waals surface area (Å²) in [6, 6.07) is 28.9. The summed E-state index contributed by atoms with van der Waals surface area (Å²) in [4.78, 5) is 34.2. The molecule has 97 heavy (non-hydrogen) atoms. The highest BCUT2D eigenvalue weighted by Gasteiger charge is 2.47. The van der Waals surface area contributed by atoms with E-state index in [9.17, 15) is 45.6 Å². The lowest BCUT2D eigenvalue weighted by molar-refractivity contribution is -0.142. The smallest absolute Gasteiger partial charge is 0.173 e. The van der Waals surface area contributed by atoms with Crippen LogP contribution in [0, 0.1) is 82.9 Å². The van der Waals surface area contributed by atoms with Crippen LogP contribution in [0.1, 0.15) is 158 Å². The number of methoxy groups -OCH3 is 1. The molecular weight excluding hydrogens is 1220 g/mol. The number of aromatic nitrogens is 1. The first-order valence-corrected chi connectivity index (χ1v) is 35.8. The van der Waals surface area contributed by atoms with E-state index < -0.39 is 47.6 Å². The summed E-state index contributed by atoms with van der Waals surface area (Å²) < 4.78 is 5.73. The molecule has 5 aliphatic carbocycles. The Balaban J connectivity index is 1.02. The minimum Gasteiger partial charge on any atom is -0.508 e. The van der Waals surface area contributed by atoms with Gasteiger partial charge in [-0.1, -0.05) is 117 Å². The van der Waals surface area contributed by atoms with Gasteiger partial charge in [0.1, 0.15) is 17.3 Å². The molecule has 3 fully saturated rings. The number of carbonyl (C=O) groups excluding carboxylic acids is 2. The van der Waals surface area contributed by atoms with E-state index >= 15 is 4.79 Å². The number of allylic oxidation sites excluding steroid dienone is 2. The summed E-state index contributed by atoms with van der Waals surface area (Å²) >= 11 is 0. The largest absolute Gasteiger partial charge is 0.508 e. The number of β-amino-alcohol motifs (C(OH)–C–C–N with tert-alkyl or cyclic N) is 1. The van der Waals surface area contributed by atoms with E-state index in [1.165, 1.54) is 7.11 Å². The number of aliphatic hydroxyl groups is 5. The average molecular weight is 1310 g/mol. The maximum absolute atomic E-state index is 15.9. The second-order valence-corrected chi connectivity index (χ2v) is 29.4. The molecule has 3 saturated carbocycles. The molecule has 15 atom stereocenters. The monoisotopic (exact) mass is 1310 g/mol. The molecule has 0 amide bonds. The number of aliphatic hydroxyl groups excluding tert-OH is 5. The lowest BCUT2D eigenvalue weighted by atomic mass is 9.63. The highest BCUT2D eigenvalue weighted by Crippen LogP contribution is 2.51. The number of nitrogens with one attached hydrogen (secondary N) is 4. The number of ketones is 2. The third-order valence-electron chi connectivity index (χ3n) is 23.5. The van der Waals surface area contributed by atoms with Crippen molar-refractivity contribution in [3.63, 3.8) is 0 Å². The fourth-order valence-corrected chi connectivity index (χ4v) is 18.2. The van der Waals surface area contributed by atoms with Crippen LogP contribution in [0.2, 0.25) is 0 Å². The summed E-state index contributed by atoms with van der Waals surface area (Å²) in [6.45, 7) is 3.00. The van der Waals surface area contributed by atoms with Gasteiger partial charge in [0.05, 0.1) is 31.8 Å². The van der Waals surface area contributed by atoms with Gasteiger partial charge >= 0.3 is 0 Å². The first-order chi connectivity index (χ1) is 47.1. The Kier molecular flexibility index (Phi) is 21.0. The van der Waals surface area contributed by atoms with Crippen molar-refractivity contribution < 1.29 is 55.2 Å². The van der Waals surface area contributed by atoms with Crippen molar-refractivity contribution in [3.8, 4) is 46.7 Å². The van der Waals surface area contributed by atoms with Gasteiger partial charge in [0, 0.05) is 98.2 Å². The molecule has 6 aromatic rings. The average Bonchev–Trinajstić information content (AvgIpc) is 1.65. The number of phenolic OH excluding ortho intramolecular Hbond substituents is 2. The summed E-state index contributed by atoms with van der Waals surface area (Å²) in [5, 5.41) is 107. The number of benzene rings is 5. The SMILES string of the molecule is COc1cc2c(cc1O)[C@H]1C#C[C@H]3C[C@H]4C[C@@H](C[C@H]3C(=O)[C@H](O)C(=O)CC2)[C@@H](CCC2CCCC2)[C@H](O)Cc2cc(c[nH]2)[C@H](C)CNC[C@H](O)Cc2ccc3ccc(cc3c2O)NC2=CC(=CCN2)[C@@H]4CC#C[C@H]2C[C@@H](C[C@H](CO)[C@H]2Cc2cccc(O)c2CO)c2ccccc21. The van der Waals surface area contributed by atoms with E-state index in [0.717, 1.165) is 82.5 Å². The van der Waals surface area contributed by atoms with Gasteiger partial charge in [-0.15, -0.1) is 5.92 Å². The molecule has 0 radical (unpaired) electrons. The number of carbonyl (C=O) groups is 2. The molecule has 5 aromatic carbocycles. The standard InChI is InChI=1S/C82H96N4O11/c1-47-42-83-44-63(89)34-55-19-18-49-20-23-61(39-72(49)80(55)94)86-79-38-54(27-28-84-79)64-15-7-11-50-29-57(32-60(45-87)69(50)35-51-12-8-16-74(90)73(51)46-88)65-13-5-6-14-67(65)68-25-21-52-30-56(64)31-58(66(24-17-48-9-3-4-10-48)76(92)40-62-33-59(47)43-85-62)36-71(52)81(95)82(96)75(91)26-22-53-37-78(97-2)77(93)41-70(53)68/h5-6,8,12-14,16,18-20,23,27,33,37-39,41,43,47-48,50,52,56-58,60,63-64,66,68-69,71,76,82-90,92-94,96H,3-4,9-10,15,17,22,24,26,28-32,34-36,40,42,44-46H2,1-2H3/t47-,50+,52+,56+,57+,58+,60-,63-,64+,66-,68+,69+,71-,76-,82-/m1/s1. The van der Waals surface area contributed by atoms with Gasteiger partial charge in [-0.2, -0.15) is 0 Å². The Morgan fingerprint density at radius 2 is 1.55 bits per heavy atom. The quantitative estimate of drug-likeness (QED) is 0.0500. The maximum atomic E-state index is 15.9. The van der Waals surface area contributed by atoms with Gasteiger partial charge < -0.3 is 66.5 Å². The molecule has 0 saturated heterocycles. The minimum absolute atomic E-state index is 0.0135. The maximum Gasteiger partial charge on any atom is 0.173 e. The lowest BCUT2D eigenvalue weighted by Crippen LogP contribution is -2.40. The van der Waals surface area contributed by atoms with Crippen LogP contribution in [0.15, 0.2) is 121 Å². The number of anilines is 1. The summed E-state index contributed by atoms with van der Waals surface area (Å²) in [5.41, 5.74) is 8.86. The van der Waals surface area contributed by atoms with E-state index in [1.54, 1.807) is 24.3 Å². The van der Waals surface area contributed by atoms with Crippen molar-refractivity contribution in [1.29, 1.82) is 0 Å². The number of hydrogen-bond acceptors (Lipinski definition) is 14. The molecule has 510 valence electrons. The Morgan fingerprint density at radius 3 is 2.36 bits per heavy atom. The zero-order valence-electron chi connectivity index (χ0n) is 56.0. The normalized spacial score (nSPS) is 29.6. The van der Waals surface area contributed by atoms with Crippen LogP contribution in [-0.2, 0) is 41.9 Å². The second-order valence-electron chi connectivity index (χ2n) is 29.4. The summed E-state index contributed by atoms with van der Waals surface area (Å²) in [5.74, 6) is 11.6. The zero-order chi connectivity index (χ0) is 67.4. The highest BCUT2D eigenvalue weighted by molar-refractivity contribution is 6.06. The molecule has 0 spiro atoms. The van der Waals surface area contributed by atoms with E-state index in [-0.39, 0.29) is 115 Å². The fraction of sp³-hybridized carbons (Fsp3) is 0.488. The van der Waals surface area contributed by atoms with Crippen LogP contribution < -0.4 is 20.7 Å². The van der Waals surface area contributed by atoms with Crippen molar-refractivity contribution in [2.75, 3.05) is 38.7 Å². The highest BCUT2D eigenvalue weighted by atomic mass is 16.5. The number of Topliss-reactive ketones (excluding diaryl/α,β-unsaturated/α-hetero) is 2. The number of phenols is 3. The molecule has 7 aliphatic rings. The number of aromatic hydroxyl groups is 3. The molecule has 3 heterocycles. The first-order valence-electron chi connectivity index (χ1n) is 35.8. The van der Waals surface area contributed by atoms with Crippen LogP contribution in [0.3, 0.4) is 0 Å². The van der Waals surface area contributed by atoms with Crippen LogP contribution in [-0.4, -0.2) is 109 Å². The van der Waals surface area contributed by atoms with E-state index in [4.69, 9.17) is 4.74 Å². The Bertz CT molecular complexity index is 4050. The molecule has 1 aromatic heterocycles. The Morgan fingerprint density at radius 1 is 0.722 bits per heavy atom. The van der Waals surface area contributed by atoms with Crippen LogP contribution in [0.5, 0.6) is 23.0 Å². The van der Waals surface area contributed by atoms with Gasteiger partial charge in [-0.3, -0.25) is 9.59 Å². The third-order valence-corrected chi connectivity index (χ3v) is 23.5. The number of aryl methyl sites for hydroxylation is 1. The van der Waals surface area contributed by atoms with E-state index in [2.05, 4.69) is 81.9 Å². The topological polar surface area (TPSA) is 257 Å². The zero-order valence-corrected chi connectivity index (χ0v) is 56.0. The number of dihydropyridines is 1. The summed E-state index contributed by atoms with van der Waals surface area (Å²) in [6.07, 6.45) is 12.9. The van der Waals surface area contributed by atoms with Crippen LogP contribution in [0.4, 0.5) is 5.69 Å². The van der Waals surface area contributed by atoms with Gasteiger partial charge in [-0.25, -0.2) is 0 Å². The molecular formula is C82H96N4O11. The van der Waals surface area contributed by atoms with Gasteiger partial charge in [0.15, 0.2) is 29.2 Å². The lowest BCUT2D eigenvalue weighted by Gasteiger charge is -2.41. The van der Waals surface area contributed by atoms with Crippen molar-refractivity contribution in [2.24, 2.45) is 59.2 Å². The fourth-order valence-electron chi connectivity index (χ4n) is 18.2.